The van der Waals surface area contributed by atoms with Crippen LogP contribution in [-0.2, 0) is 18.8 Å². The van der Waals surface area contributed by atoms with E-state index < -0.39 is 44.1 Å². The van der Waals surface area contributed by atoms with Gasteiger partial charge in [0, 0.05) is 32.2 Å². The molecule has 1 aliphatic carbocycles. The van der Waals surface area contributed by atoms with Gasteiger partial charge in [0.15, 0.2) is 22.7 Å². The number of aromatic nitrogens is 4. The zero-order chi connectivity index (χ0) is 25.4. The molecule has 0 unspecified atom stereocenters. The fourth-order valence-corrected chi connectivity index (χ4v) is 5.20. The van der Waals surface area contributed by atoms with E-state index in [0.29, 0.717) is 17.2 Å². The number of aliphatic hydroxyl groups is 2. The van der Waals surface area contributed by atoms with Crippen LogP contribution >= 0.6 is 19.2 Å². The minimum atomic E-state index is -4.69. The fraction of sp³-hybridized carbons (Fsp3) is 0.750. The Bertz CT molecular complexity index is 1080. The van der Waals surface area contributed by atoms with Crippen molar-refractivity contribution in [3.63, 3.8) is 0 Å². The van der Waals surface area contributed by atoms with Crippen molar-refractivity contribution in [2.24, 2.45) is 0 Å². The number of anilines is 1. The van der Waals surface area contributed by atoms with Crippen LogP contribution in [0.1, 0.15) is 45.3 Å². The van der Waals surface area contributed by atoms with Crippen molar-refractivity contribution in [1.82, 2.24) is 20.0 Å². The van der Waals surface area contributed by atoms with Gasteiger partial charge in [-0.15, -0.1) is 5.10 Å². The summed E-state index contributed by atoms with van der Waals surface area (Å²) in [5.41, 5.74) is 1.37. The van der Waals surface area contributed by atoms with Gasteiger partial charge in [-0.3, -0.25) is 4.57 Å². The molecule has 0 amide bonds. The standard InChI is InChI=1S/C20H31ClN5O8P/c1-20(7-8-32-2,35(29,30)31)33-10-13-16(27)17(28)19(34-13)26-18-15(24-25-26)12(9-14(21)23-18)22-11-5-3-4-6-11/h9,11,13,16-17,19,27-28H,3-8,10H2,1-2H3,(H,22,23)(H2,29,30,31)/t13-,16-,17-,19-,20+/m1/s1. The van der Waals surface area contributed by atoms with Crippen LogP contribution in [0.4, 0.5) is 5.69 Å². The molecule has 3 heterocycles. The molecule has 2 fully saturated rings. The SMILES string of the molecule is COCC[C@@](C)(OC[C@H]1O[C@@H](n2nnc3c(NC4CCCC4)cc(Cl)nc32)[C@H](O)[C@@H]1O)P(=O)(O)O. The first-order valence-electron chi connectivity index (χ1n) is 11.4. The highest BCUT2D eigenvalue weighted by Gasteiger charge is 2.49. The summed E-state index contributed by atoms with van der Waals surface area (Å²) >= 11 is 6.25. The second-order valence-electron chi connectivity index (χ2n) is 9.14. The van der Waals surface area contributed by atoms with Crippen LogP contribution in [0, 0.1) is 0 Å². The number of aliphatic hydroxyl groups excluding tert-OH is 2. The van der Waals surface area contributed by atoms with Crippen LogP contribution in [0.5, 0.6) is 0 Å². The Kier molecular flexibility index (Phi) is 8.01. The topological polar surface area (TPSA) is 181 Å². The van der Waals surface area contributed by atoms with Crippen molar-refractivity contribution in [1.29, 1.82) is 0 Å². The highest BCUT2D eigenvalue weighted by molar-refractivity contribution is 7.53. The van der Waals surface area contributed by atoms with Crippen LogP contribution in [-0.4, -0.2) is 90.0 Å². The van der Waals surface area contributed by atoms with E-state index in [1.165, 1.54) is 18.7 Å². The van der Waals surface area contributed by atoms with Gasteiger partial charge < -0.3 is 39.5 Å². The molecule has 0 aromatic carbocycles. The van der Waals surface area contributed by atoms with Gasteiger partial charge in [0.05, 0.1) is 12.3 Å². The fourth-order valence-electron chi connectivity index (χ4n) is 4.38. The lowest BCUT2D eigenvalue weighted by molar-refractivity contribution is -0.0991. The number of hydrogen-bond donors (Lipinski definition) is 5. The van der Waals surface area contributed by atoms with Crippen molar-refractivity contribution >= 4 is 36.0 Å². The summed E-state index contributed by atoms with van der Waals surface area (Å²) < 4.78 is 29.5. The van der Waals surface area contributed by atoms with E-state index in [-0.39, 0.29) is 23.8 Å². The number of methoxy groups -OCH3 is 1. The van der Waals surface area contributed by atoms with Gasteiger partial charge in [-0.25, -0.2) is 4.98 Å². The number of pyridine rings is 1. The average Bonchev–Trinajstić information content (AvgIpc) is 3.51. The maximum absolute atomic E-state index is 12.0. The van der Waals surface area contributed by atoms with Gasteiger partial charge >= 0.3 is 7.60 Å². The van der Waals surface area contributed by atoms with Crippen LogP contribution in [0.3, 0.4) is 0 Å². The molecule has 2 aromatic heterocycles. The smallest absolute Gasteiger partial charge is 0.356 e. The molecular weight excluding hydrogens is 505 g/mol. The Balaban J connectivity index is 1.53. The second kappa shape index (κ2) is 10.5. The Morgan fingerprint density at radius 2 is 2.03 bits per heavy atom. The van der Waals surface area contributed by atoms with E-state index in [1.807, 2.05) is 0 Å². The molecule has 2 aliphatic rings. The molecule has 0 spiro atoms. The van der Waals surface area contributed by atoms with Crippen molar-refractivity contribution in [3.05, 3.63) is 11.2 Å². The van der Waals surface area contributed by atoms with E-state index in [2.05, 4.69) is 20.6 Å². The van der Waals surface area contributed by atoms with E-state index >= 15 is 0 Å². The maximum atomic E-state index is 12.0. The molecule has 2 aromatic rings. The number of halogens is 1. The number of nitrogens with zero attached hydrogens (tertiary/aromatic N) is 4. The normalized spacial score (nSPS) is 27.5. The third kappa shape index (κ3) is 5.48. The lowest BCUT2D eigenvalue weighted by Gasteiger charge is -2.31. The van der Waals surface area contributed by atoms with Gasteiger partial charge in [-0.1, -0.05) is 29.7 Å². The molecule has 4 rings (SSSR count). The average molecular weight is 536 g/mol. The van der Waals surface area contributed by atoms with E-state index in [4.69, 9.17) is 25.8 Å². The summed E-state index contributed by atoms with van der Waals surface area (Å²) in [5, 5.41) is 31.3. The van der Waals surface area contributed by atoms with Crippen molar-refractivity contribution < 1.29 is 38.8 Å². The van der Waals surface area contributed by atoms with Gasteiger partial charge in [0.2, 0.25) is 0 Å². The lowest BCUT2D eigenvalue weighted by Crippen LogP contribution is -2.38. The predicted octanol–water partition coefficient (Wildman–Crippen LogP) is 1.40. The summed E-state index contributed by atoms with van der Waals surface area (Å²) in [6.07, 6.45) is -0.858. The molecule has 0 bridgehead atoms. The first kappa shape index (κ1) is 26.6. The minimum absolute atomic E-state index is 0.0511. The van der Waals surface area contributed by atoms with Gasteiger partial charge in [0.1, 0.15) is 23.5 Å². The quantitative estimate of drug-likeness (QED) is 0.218. The summed E-state index contributed by atoms with van der Waals surface area (Å²) in [6.45, 7) is 0.919. The van der Waals surface area contributed by atoms with Gasteiger partial charge in [0.25, 0.3) is 0 Å². The number of hydrogen-bond acceptors (Lipinski definition) is 10. The molecule has 1 saturated heterocycles. The number of nitrogens with one attached hydrogen (secondary N) is 1. The van der Waals surface area contributed by atoms with Crippen molar-refractivity contribution in [2.45, 2.75) is 75.0 Å². The predicted molar refractivity (Wildman–Crippen MR) is 125 cm³/mol. The summed E-state index contributed by atoms with van der Waals surface area (Å²) in [5.74, 6) is 0. The first-order valence-corrected chi connectivity index (χ1v) is 13.4. The largest absolute Gasteiger partial charge is 0.387 e. The summed E-state index contributed by atoms with van der Waals surface area (Å²) in [6, 6.07) is 1.96. The van der Waals surface area contributed by atoms with E-state index in [9.17, 15) is 24.6 Å². The number of fused-ring (bicyclic) bond motifs is 1. The summed E-state index contributed by atoms with van der Waals surface area (Å²) in [7, 11) is -3.29. The highest BCUT2D eigenvalue weighted by atomic mass is 35.5. The van der Waals surface area contributed by atoms with E-state index in [1.54, 1.807) is 6.07 Å². The van der Waals surface area contributed by atoms with Crippen LogP contribution in [0.2, 0.25) is 5.15 Å². The van der Waals surface area contributed by atoms with E-state index in [0.717, 1.165) is 25.7 Å². The molecule has 0 radical (unpaired) electrons. The van der Waals surface area contributed by atoms with Crippen molar-refractivity contribution in [3.8, 4) is 0 Å². The molecule has 13 nitrogen and oxygen atoms in total. The first-order chi connectivity index (χ1) is 16.5. The lowest BCUT2D eigenvalue weighted by atomic mass is 10.1. The molecule has 1 saturated carbocycles. The molecule has 196 valence electrons. The third-order valence-corrected chi connectivity index (χ3v) is 8.42. The second-order valence-corrected chi connectivity index (χ2v) is 11.6. The summed E-state index contributed by atoms with van der Waals surface area (Å²) in [4.78, 5) is 23.8. The van der Waals surface area contributed by atoms with Crippen LogP contribution in [0.25, 0.3) is 11.2 Å². The Hall–Kier alpha value is -1.41. The molecule has 5 N–H and O–H groups in total. The van der Waals surface area contributed by atoms with Gasteiger partial charge in [-0.05, 0) is 19.8 Å². The third-order valence-electron chi connectivity index (χ3n) is 6.64. The molecule has 15 heteroatoms. The zero-order valence-corrected chi connectivity index (χ0v) is 21.1. The Morgan fingerprint density at radius 1 is 1.31 bits per heavy atom. The number of rotatable bonds is 10. The van der Waals surface area contributed by atoms with Crippen LogP contribution in [0.15, 0.2) is 6.07 Å². The molecule has 35 heavy (non-hydrogen) atoms. The van der Waals surface area contributed by atoms with Crippen LogP contribution < -0.4 is 5.32 Å². The van der Waals surface area contributed by atoms with Crippen molar-refractivity contribution in [2.75, 3.05) is 25.6 Å². The Labute approximate surface area is 206 Å². The highest BCUT2D eigenvalue weighted by Crippen LogP contribution is 2.53. The molecule has 1 aliphatic heterocycles. The Morgan fingerprint density at radius 3 is 2.69 bits per heavy atom. The maximum Gasteiger partial charge on any atom is 0.356 e. The van der Waals surface area contributed by atoms with Gasteiger partial charge in [-0.2, -0.15) is 4.68 Å². The monoisotopic (exact) mass is 535 g/mol. The zero-order valence-electron chi connectivity index (χ0n) is 19.4. The molecular formula is C20H31ClN5O8P. The molecule has 5 atom stereocenters. The number of ether oxygens (including phenoxy) is 3. The minimum Gasteiger partial charge on any atom is -0.387 e.